The molecule has 0 saturated heterocycles. The van der Waals surface area contributed by atoms with E-state index in [9.17, 15) is 4.79 Å². The fourth-order valence-electron chi connectivity index (χ4n) is 2.26. The summed E-state index contributed by atoms with van der Waals surface area (Å²) in [6.45, 7) is 1.55. The summed E-state index contributed by atoms with van der Waals surface area (Å²) >= 11 is 6.22. The van der Waals surface area contributed by atoms with Crippen LogP contribution in [-0.2, 0) is 0 Å². The normalized spacial score (nSPS) is 10.7. The first kappa shape index (κ1) is 12.8. The van der Waals surface area contributed by atoms with Gasteiger partial charge in [-0.3, -0.25) is 4.79 Å². The van der Waals surface area contributed by atoms with E-state index < -0.39 is 0 Å². The first-order valence-corrected chi connectivity index (χ1v) is 6.70. The van der Waals surface area contributed by atoms with E-state index in [2.05, 4.69) is 4.98 Å². The van der Waals surface area contributed by atoms with Gasteiger partial charge in [0.25, 0.3) is 0 Å². The molecule has 2 aromatic carbocycles. The van der Waals surface area contributed by atoms with Gasteiger partial charge in [0.15, 0.2) is 5.78 Å². The minimum absolute atomic E-state index is 0.0147. The zero-order valence-corrected chi connectivity index (χ0v) is 11.7. The van der Waals surface area contributed by atoms with Gasteiger partial charge in [-0.25, -0.2) is 4.98 Å². The molecule has 0 aliphatic carbocycles. The molecule has 20 heavy (non-hydrogen) atoms. The number of pyridine rings is 1. The van der Waals surface area contributed by atoms with Crippen LogP contribution < -0.4 is 0 Å². The Morgan fingerprint density at radius 2 is 1.75 bits per heavy atom. The SMILES string of the molecule is CC(=O)c1ccc(Cl)c2nc(-c3ccccc3)ccc12. The monoisotopic (exact) mass is 281 g/mol. The second kappa shape index (κ2) is 5.06. The zero-order chi connectivity index (χ0) is 14.1. The van der Waals surface area contributed by atoms with E-state index in [1.165, 1.54) is 0 Å². The number of fused-ring (bicyclic) bond motifs is 1. The van der Waals surface area contributed by atoms with Crippen molar-refractivity contribution in [2.45, 2.75) is 6.92 Å². The van der Waals surface area contributed by atoms with E-state index in [0.717, 1.165) is 16.6 Å². The average molecular weight is 282 g/mol. The van der Waals surface area contributed by atoms with E-state index in [0.29, 0.717) is 16.1 Å². The molecular weight excluding hydrogens is 270 g/mol. The molecule has 0 atom stereocenters. The second-order valence-electron chi connectivity index (χ2n) is 4.61. The maximum Gasteiger partial charge on any atom is 0.160 e. The molecule has 0 aliphatic heterocycles. The topological polar surface area (TPSA) is 30.0 Å². The summed E-state index contributed by atoms with van der Waals surface area (Å²) in [6.07, 6.45) is 0. The number of halogens is 1. The van der Waals surface area contributed by atoms with Crippen molar-refractivity contribution in [3.8, 4) is 11.3 Å². The first-order valence-electron chi connectivity index (χ1n) is 6.32. The van der Waals surface area contributed by atoms with Crippen molar-refractivity contribution in [1.82, 2.24) is 4.98 Å². The van der Waals surface area contributed by atoms with Crippen LogP contribution in [0.3, 0.4) is 0 Å². The van der Waals surface area contributed by atoms with Gasteiger partial charge in [0.2, 0.25) is 0 Å². The number of aromatic nitrogens is 1. The summed E-state index contributed by atoms with van der Waals surface area (Å²) in [5.41, 5.74) is 3.19. The summed E-state index contributed by atoms with van der Waals surface area (Å²) in [7, 11) is 0. The highest BCUT2D eigenvalue weighted by atomic mass is 35.5. The van der Waals surface area contributed by atoms with Gasteiger partial charge in [-0.2, -0.15) is 0 Å². The highest BCUT2D eigenvalue weighted by Gasteiger charge is 2.10. The predicted molar refractivity (Wildman–Crippen MR) is 82.2 cm³/mol. The third kappa shape index (κ3) is 2.19. The molecule has 0 unspecified atom stereocenters. The number of Topliss-reactive ketones (excluding diaryl/α,β-unsaturated/α-hetero) is 1. The Morgan fingerprint density at radius 1 is 1.00 bits per heavy atom. The average Bonchev–Trinajstić information content (AvgIpc) is 2.48. The molecule has 3 aromatic rings. The lowest BCUT2D eigenvalue weighted by Gasteiger charge is -2.07. The molecule has 2 nitrogen and oxygen atoms in total. The second-order valence-corrected chi connectivity index (χ2v) is 5.02. The minimum atomic E-state index is 0.0147. The lowest BCUT2D eigenvalue weighted by Crippen LogP contribution is -1.96. The van der Waals surface area contributed by atoms with Crippen molar-refractivity contribution < 1.29 is 4.79 Å². The Balaban J connectivity index is 2.27. The lowest BCUT2D eigenvalue weighted by molar-refractivity contribution is 0.101. The Labute approximate surface area is 122 Å². The van der Waals surface area contributed by atoms with E-state index in [1.807, 2.05) is 42.5 Å². The van der Waals surface area contributed by atoms with Gasteiger partial charge >= 0.3 is 0 Å². The summed E-state index contributed by atoms with van der Waals surface area (Å²) in [6, 6.07) is 17.2. The quantitative estimate of drug-likeness (QED) is 0.634. The van der Waals surface area contributed by atoms with Gasteiger partial charge in [-0.15, -0.1) is 0 Å². The standard InChI is InChI=1S/C17H12ClNO/c1-11(20)13-7-9-15(18)17-14(13)8-10-16(19-17)12-5-3-2-4-6-12/h2-10H,1H3. The number of rotatable bonds is 2. The summed E-state index contributed by atoms with van der Waals surface area (Å²) in [5.74, 6) is 0.0147. The molecule has 1 heterocycles. The third-order valence-electron chi connectivity index (χ3n) is 3.26. The molecule has 0 saturated carbocycles. The lowest BCUT2D eigenvalue weighted by atomic mass is 10.0. The minimum Gasteiger partial charge on any atom is -0.294 e. The molecular formula is C17H12ClNO. The van der Waals surface area contributed by atoms with Crippen LogP contribution in [0.15, 0.2) is 54.6 Å². The molecule has 0 bridgehead atoms. The largest absolute Gasteiger partial charge is 0.294 e. The van der Waals surface area contributed by atoms with E-state index in [4.69, 9.17) is 11.6 Å². The molecule has 0 aliphatic rings. The number of ketones is 1. The fraction of sp³-hybridized carbons (Fsp3) is 0.0588. The molecule has 1 aromatic heterocycles. The maximum absolute atomic E-state index is 11.7. The molecule has 0 spiro atoms. The Kier molecular flexibility index (Phi) is 3.25. The van der Waals surface area contributed by atoms with Gasteiger partial charge in [0.05, 0.1) is 16.2 Å². The number of carbonyl (C=O) groups excluding carboxylic acids is 1. The summed E-state index contributed by atoms with van der Waals surface area (Å²) in [5, 5.41) is 1.35. The highest BCUT2D eigenvalue weighted by molar-refractivity contribution is 6.35. The van der Waals surface area contributed by atoms with Gasteiger partial charge < -0.3 is 0 Å². The van der Waals surface area contributed by atoms with Crippen molar-refractivity contribution in [1.29, 1.82) is 0 Å². The van der Waals surface area contributed by atoms with Crippen molar-refractivity contribution >= 4 is 28.3 Å². The molecule has 0 N–H and O–H groups in total. The Bertz CT molecular complexity index is 797. The zero-order valence-electron chi connectivity index (χ0n) is 10.9. The molecule has 3 rings (SSSR count). The van der Waals surface area contributed by atoms with Crippen LogP contribution in [0.2, 0.25) is 5.02 Å². The number of hydrogen-bond donors (Lipinski definition) is 0. The van der Waals surface area contributed by atoms with E-state index >= 15 is 0 Å². The molecule has 3 heteroatoms. The van der Waals surface area contributed by atoms with Crippen LogP contribution in [0, 0.1) is 0 Å². The summed E-state index contributed by atoms with van der Waals surface area (Å²) < 4.78 is 0. The van der Waals surface area contributed by atoms with Crippen molar-refractivity contribution in [3.05, 3.63) is 65.2 Å². The van der Waals surface area contributed by atoms with Crippen molar-refractivity contribution in [2.75, 3.05) is 0 Å². The van der Waals surface area contributed by atoms with Gasteiger partial charge in [0, 0.05) is 16.5 Å². The van der Waals surface area contributed by atoms with Crippen LogP contribution in [0.1, 0.15) is 17.3 Å². The maximum atomic E-state index is 11.7. The number of carbonyl (C=O) groups is 1. The number of hydrogen-bond acceptors (Lipinski definition) is 2. The molecule has 0 amide bonds. The Hall–Kier alpha value is -2.19. The molecule has 98 valence electrons. The van der Waals surface area contributed by atoms with Gasteiger partial charge in [-0.05, 0) is 31.2 Å². The number of nitrogens with zero attached hydrogens (tertiary/aromatic N) is 1. The highest BCUT2D eigenvalue weighted by Crippen LogP contribution is 2.28. The van der Waals surface area contributed by atoms with Crippen molar-refractivity contribution in [2.24, 2.45) is 0 Å². The smallest absolute Gasteiger partial charge is 0.160 e. The first-order chi connectivity index (χ1) is 9.66. The van der Waals surface area contributed by atoms with Crippen LogP contribution in [0.4, 0.5) is 0 Å². The van der Waals surface area contributed by atoms with E-state index in [1.54, 1.807) is 19.1 Å². The fourth-order valence-corrected chi connectivity index (χ4v) is 2.47. The van der Waals surface area contributed by atoms with Crippen molar-refractivity contribution in [3.63, 3.8) is 0 Å². The Morgan fingerprint density at radius 3 is 2.45 bits per heavy atom. The van der Waals surface area contributed by atoms with Crippen LogP contribution in [0.25, 0.3) is 22.2 Å². The predicted octanol–water partition coefficient (Wildman–Crippen LogP) is 4.76. The van der Waals surface area contributed by atoms with Gasteiger partial charge in [0.1, 0.15) is 0 Å². The molecule has 0 radical (unpaired) electrons. The van der Waals surface area contributed by atoms with Crippen LogP contribution >= 0.6 is 11.6 Å². The van der Waals surface area contributed by atoms with Gasteiger partial charge in [-0.1, -0.05) is 41.9 Å². The van der Waals surface area contributed by atoms with E-state index in [-0.39, 0.29) is 5.78 Å². The summed E-state index contributed by atoms with van der Waals surface area (Å²) in [4.78, 5) is 16.3. The van der Waals surface area contributed by atoms with Crippen LogP contribution in [-0.4, -0.2) is 10.8 Å². The van der Waals surface area contributed by atoms with Crippen LogP contribution in [0.5, 0.6) is 0 Å². The number of benzene rings is 2. The molecule has 0 fully saturated rings. The third-order valence-corrected chi connectivity index (χ3v) is 3.56.